The van der Waals surface area contributed by atoms with Crippen LogP contribution in [-0.2, 0) is 13.6 Å². The quantitative estimate of drug-likeness (QED) is 0.675. The second-order valence-corrected chi connectivity index (χ2v) is 5.66. The zero-order valence-electron chi connectivity index (χ0n) is 9.48. The van der Waals surface area contributed by atoms with Crippen LogP contribution in [0.25, 0.3) is 0 Å². The van der Waals surface area contributed by atoms with Crippen molar-refractivity contribution in [2.24, 2.45) is 0 Å². The summed E-state index contributed by atoms with van der Waals surface area (Å²) < 4.78 is 17.0. The molecule has 0 spiro atoms. The lowest BCUT2D eigenvalue weighted by molar-refractivity contribution is 0.104. The van der Waals surface area contributed by atoms with Crippen LogP contribution in [0, 0.1) is 0 Å². The second-order valence-electron chi connectivity index (χ2n) is 4.43. The molecule has 3 nitrogen and oxygen atoms in total. The number of rotatable bonds is 5. The van der Waals surface area contributed by atoms with E-state index < -0.39 is 8.60 Å². The molecule has 2 aliphatic carbocycles. The highest BCUT2D eigenvalue weighted by atomic mass is 31.2. The van der Waals surface area contributed by atoms with Crippen LogP contribution in [0.1, 0.15) is 51.4 Å². The summed E-state index contributed by atoms with van der Waals surface area (Å²) >= 11 is 0. The van der Waals surface area contributed by atoms with Crippen molar-refractivity contribution in [3.8, 4) is 0 Å². The molecule has 0 bridgehead atoms. The van der Waals surface area contributed by atoms with Gasteiger partial charge in [0, 0.05) is 7.11 Å². The van der Waals surface area contributed by atoms with Gasteiger partial charge in [0.2, 0.25) is 0 Å². The maximum absolute atomic E-state index is 5.84. The van der Waals surface area contributed by atoms with Crippen LogP contribution >= 0.6 is 8.60 Å². The molecule has 0 aromatic rings. The Kier molecular flexibility index (Phi) is 4.83. The van der Waals surface area contributed by atoms with Crippen LogP contribution in [-0.4, -0.2) is 19.3 Å². The average molecular weight is 232 g/mol. The molecule has 0 aromatic heterocycles. The van der Waals surface area contributed by atoms with Gasteiger partial charge in [-0.05, 0) is 25.7 Å². The molecule has 0 unspecified atom stereocenters. The Labute approximate surface area is 93.5 Å². The lowest BCUT2D eigenvalue weighted by atomic mass is 10.3. The molecule has 0 aromatic carbocycles. The van der Waals surface area contributed by atoms with E-state index in [1.807, 2.05) is 0 Å². The first-order valence-electron chi connectivity index (χ1n) is 6.06. The lowest BCUT2D eigenvalue weighted by Crippen LogP contribution is -2.10. The fourth-order valence-corrected chi connectivity index (χ4v) is 3.47. The van der Waals surface area contributed by atoms with E-state index in [1.54, 1.807) is 7.11 Å². The molecule has 2 aliphatic rings. The summed E-state index contributed by atoms with van der Waals surface area (Å²) in [5.41, 5.74) is 0. The Morgan fingerprint density at radius 2 is 1.20 bits per heavy atom. The van der Waals surface area contributed by atoms with Gasteiger partial charge in [-0.2, -0.15) is 0 Å². The number of hydrogen-bond donors (Lipinski definition) is 0. The minimum Gasteiger partial charge on any atom is -0.316 e. The van der Waals surface area contributed by atoms with Gasteiger partial charge in [-0.15, -0.1) is 0 Å². The van der Waals surface area contributed by atoms with Gasteiger partial charge in [0.15, 0.2) is 0 Å². The Morgan fingerprint density at radius 1 is 0.800 bits per heavy atom. The molecule has 15 heavy (non-hydrogen) atoms. The van der Waals surface area contributed by atoms with Gasteiger partial charge >= 0.3 is 8.60 Å². The normalized spacial score (nSPS) is 24.4. The van der Waals surface area contributed by atoms with Crippen molar-refractivity contribution in [2.75, 3.05) is 7.11 Å². The molecule has 0 radical (unpaired) electrons. The molecule has 0 N–H and O–H groups in total. The molecule has 0 aliphatic heterocycles. The first-order chi connectivity index (χ1) is 7.38. The van der Waals surface area contributed by atoms with E-state index in [0.29, 0.717) is 12.2 Å². The van der Waals surface area contributed by atoms with E-state index >= 15 is 0 Å². The first-order valence-corrected chi connectivity index (χ1v) is 7.16. The van der Waals surface area contributed by atoms with E-state index in [4.69, 9.17) is 13.6 Å². The van der Waals surface area contributed by atoms with Crippen molar-refractivity contribution in [3.63, 3.8) is 0 Å². The molecule has 4 heteroatoms. The summed E-state index contributed by atoms with van der Waals surface area (Å²) in [7, 11) is 0.610. The van der Waals surface area contributed by atoms with Gasteiger partial charge in [0.05, 0.1) is 12.2 Å². The van der Waals surface area contributed by atoms with Crippen LogP contribution in [0.2, 0.25) is 0 Å². The molecule has 0 amide bonds. The Morgan fingerprint density at radius 3 is 1.53 bits per heavy atom. The van der Waals surface area contributed by atoms with Crippen LogP contribution in [0.3, 0.4) is 0 Å². The topological polar surface area (TPSA) is 27.7 Å². The highest BCUT2D eigenvalue weighted by Gasteiger charge is 2.26. The monoisotopic (exact) mass is 232 g/mol. The third-order valence-corrected chi connectivity index (χ3v) is 4.46. The largest absolute Gasteiger partial charge is 0.332 e. The smallest absolute Gasteiger partial charge is 0.316 e. The predicted octanol–water partition coefficient (Wildman–Crippen LogP) is 3.78. The van der Waals surface area contributed by atoms with Gasteiger partial charge in [0.25, 0.3) is 0 Å². The minimum absolute atomic E-state index is 0.387. The summed E-state index contributed by atoms with van der Waals surface area (Å²) in [5.74, 6) is 0. The van der Waals surface area contributed by atoms with Gasteiger partial charge in [-0.25, -0.2) is 0 Å². The van der Waals surface area contributed by atoms with Gasteiger partial charge in [-0.1, -0.05) is 25.7 Å². The molecule has 0 atom stereocenters. The van der Waals surface area contributed by atoms with Crippen molar-refractivity contribution in [2.45, 2.75) is 63.6 Å². The molecule has 0 saturated heterocycles. The van der Waals surface area contributed by atoms with Gasteiger partial charge in [-0.3, -0.25) is 0 Å². The fraction of sp³-hybridized carbons (Fsp3) is 1.00. The molecular formula is C11H21O3P. The highest BCUT2D eigenvalue weighted by Crippen LogP contribution is 2.46. The summed E-state index contributed by atoms with van der Waals surface area (Å²) in [5, 5.41) is 0. The zero-order chi connectivity index (χ0) is 10.5. The standard InChI is InChI=1S/C11H21O3P/c1-12-15(13-10-6-2-3-7-10)14-11-8-4-5-9-11/h10-11H,2-9H2,1H3. The first kappa shape index (κ1) is 11.8. The lowest BCUT2D eigenvalue weighted by Gasteiger charge is -2.21. The summed E-state index contributed by atoms with van der Waals surface area (Å²) in [6.07, 6.45) is 10.7. The van der Waals surface area contributed by atoms with Gasteiger partial charge < -0.3 is 13.6 Å². The molecular weight excluding hydrogens is 211 g/mol. The second kappa shape index (κ2) is 6.15. The third kappa shape index (κ3) is 3.67. The third-order valence-electron chi connectivity index (χ3n) is 3.22. The molecule has 2 fully saturated rings. The van der Waals surface area contributed by atoms with Crippen LogP contribution in [0.15, 0.2) is 0 Å². The molecule has 0 heterocycles. The Hall–Kier alpha value is 0.310. The highest BCUT2D eigenvalue weighted by molar-refractivity contribution is 7.41. The Balaban J connectivity index is 1.70. The summed E-state index contributed by atoms with van der Waals surface area (Å²) in [4.78, 5) is 0. The van der Waals surface area contributed by atoms with Crippen molar-refractivity contribution in [1.29, 1.82) is 0 Å². The van der Waals surface area contributed by atoms with Crippen LogP contribution in [0.5, 0.6) is 0 Å². The zero-order valence-corrected chi connectivity index (χ0v) is 10.4. The fourth-order valence-electron chi connectivity index (χ4n) is 2.34. The SMILES string of the molecule is COP(OC1CCCC1)OC1CCCC1. The predicted molar refractivity (Wildman–Crippen MR) is 60.6 cm³/mol. The van der Waals surface area contributed by atoms with E-state index in [0.717, 1.165) is 0 Å². The molecule has 2 rings (SSSR count). The summed E-state index contributed by atoms with van der Waals surface area (Å²) in [6, 6.07) is 0. The van der Waals surface area contributed by atoms with Crippen molar-refractivity contribution >= 4 is 8.60 Å². The van der Waals surface area contributed by atoms with Gasteiger partial charge in [0.1, 0.15) is 0 Å². The van der Waals surface area contributed by atoms with E-state index in [2.05, 4.69) is 0 Å². The van der Waals surface area contributed by atoms with Crippen molar-refractivity contribution in [1.82, 2.24) is 0 Å². The van der Waals surface area contributed by atoms with Crippen LogP contribution in [0.4, 0.5) is 0 Å². The Bertz CT molecular complexity index is 159. The van der Waals surface area contributed by atoms with Crippen LogP contribution < -0.4 is 0 Å². The molecule has 2 saturated carbocycles. The van der Waals surface area contributed by atoms with E-state index in [1.165, 1.54) is 51.4 Å². The minimum atomic E-state index is -1.08. The maximum atomic E-state index is 5.84. The average Bonchev–Trinajstić information content (AvgIpc) is 2.89. The molecule has 88 valence electrons. The van der Waals surface area contributed by atoms with Crippen molar-refractivity contribution < 1.29 is 13.6 Å². The van der Waals surface area contributed by atoms with Crippen molar-refractivity contribution in [3.05, 3.63) is 0 Å². The van der Waals surface area contributed by atoms with E-state index in [9.17, 15) is 0 Å². The van der Waals surface area contributed by atoms with E-state index in [-0.39, 0.29) is 0 Å². The maximum Gasteiger partial charge on any atom is 0.332 e. The number of hydrogen-bond acceptors (Lipinski definition) is 3. The summed E-state index contributed by atoms with van der Waals surface area (Å²) in [6.45, 7) is 0.